The molecule has 0 fully saturated rings. The SMILES string of the molecule is CO.O=C(O)c1cc(=O)cc(C(=O)O)[nH]1. The van der Waals surface area contributed by atoms with Gasteiger partial charge in [0.15, 0.2) is 5.43 Å². The summed E-state index contributed by atoms with van der Waals surface area (Å²) in [7, 11) is 1.00. The van der Waals surface area contributed by atoms with Crippen LogP contribution in [-0.2, 0) is 0 Å². The number of rotatable bonds is 2. The van der Waals surface area contributed by atoms with Gasteiger partial charge in [0.2, 0.25) is 0 Å². The molecule has 4 N–H and O–H groups in total. The highest BCUT2D eigenvalue weighted by Gasteiger charge is 2.09. The monoisotopic (exact) mass is 215 g/mol. The smallest absolute Gasteiger partial charge is 0.352 e. The standard InChI is InChI=1S/C7H5NO5.CH4O/c9-3-1-4(6(10)11)8-5(2-3)7(12)13;1-2/h1-2H,(H,8,9)(H,10,11)(H,12,13);2H,1H3. The number of aliphatic hydroxyl groups excluding tert-OH is 1. The van der Waals surface area contributed by atoms with Crippen LogP contribution in [0.3, 0.4) is 0 Å². The molecule has 0 bridgehead atoms. The number of hydrogen-bond acceptors (Lipinski definition) is 4. The van der Waals surface area contributed by atoms with Crippen LogP contribution in [0.2, 0.25) is 0 Å². The molecule has 1 aromatic rings. The molecule has 1 aromatic heterocycles. The third-order valence-electron chi connectivity index (χ3n) is 1.30. The highest BCUT2D eigenvalue weighted by atomic mass is 16.4. The number of nitrogens with one attached hydrogen (secondary N) is 1. The lowest BCUT2D eigenvalue weighted by molar-refractivity contribution is 0.0685. The lowest BCUT2D eigenvalue weighted by atomic mass is 10.3. The first-order valence-electron chi connectivity index (χ1n) is 3.66. The van der Waals surface area contributed by atoms with Crippen molar-refractivity contribution in [1.29, 1.82) is 0 Å². The Balaban J connectivity index is 0.000000921. The third-order valence-corrected chi connectivity index (χ3v) is 1.30. The Morgan fingerprint density at radius 2 is 1.40 bits per heavy atom. The maximum atomic E-state index is 10.8. The molecule has 0 radical (unpaired) electrons. The number of carboxylic acids is 2. The Morgan fingerprint density at radius 3 is 1.67 bits per heavy atom. The third kappa shape index (κ3) is 3.61. The van der Waals surface area contributed by atoms with E-state index >= 15 is 0 Å². The van der Waals surface area contributed by atoms with Crippen LogP contribution in [0.4, 0.5) is 0 Å². The Labute approximate surface area is 83.6 Å². The average Bonchev–Trinajstić information content (AvgIpc) is 2.19. The van der Waals surface area contributed by atoms with Crippen LogP contribution in [0.25, 0.3) is 0 Å². The zero-order valence-corrected chi connectivity index (χ0v) is 7.72. The fraction of sp³-hybridized carbons (Fsp3) is 0.125. The van der Waals surface area contributed by atoms with Gasteiger partial charge in [0.25, 0.3) is 0 Å². The number of aromatic amines is 1. The summed E-state index contributed by atoms with van der Waals surface area (Å²) in [6.07, 6.45) is 0. The van der Waals surface area contributed by atoms with E-state index < -0.39 is 28.8 Å². The quantitative estimate of drug-likeness (QED) is 0.520. The molecule has 0 amide bonds. The molecule has 0 atom stereocenters. The van der Waals surface area contributed by atoms with Gasteiger partial charge in [0.1, 0.15) is 11.4 Å². The summed E-state index contributed by atoms with van der Waals surface area (Å²) in [5.41, 5.74) is -1.54. The number of aromatic carboxylic acids is 2. The largest absolute Gasteiger partial charge is 0.477 e. The molecule has 0 aromatic carbocycles. The summed E-state index contributed by atoms with van der Waals surface area (Å²) < 4.78 is 0. The van der Waals surface area contributed by atoms with Gasteiger partial charge in [-0.2, -0.15) is 0 Å². The van der Waals surface area contributed by atoms with Gasteiger partial charge in [-0.25, -0.2) is 9.59 Å². The summed E-state index contributed by atoms with van der Waals surface area (Å²) in [5, 5.41) is 23.9. The van der Waals surface area contributed by atoms with Crippen molar-refractivity contribution in [2.45, 2.75) is 0 Å². The van der Waals surface area contributed by atoms with Crippen LogP contribution >= 0.6 is 0 Å². The van der Waals surface area contributed by atoms with Crippen molar-refractivity contribution < 1.29 is 24.9 Å². The molecular weight excluding hydrogens is 206 g/mol. The number of H-pyrrole nitrogens is 1. The highest BCUT2D eigenvalue weighted by Crippen LogP contribution is 1.94. The molecule has 0 aliphatic heterocycles. The van der Waals surface area contributed by atoms with Crippen molar-refractivity contribution in [3.05, 3.63) is 33.7 Å². The van der Waals surface area contributed by atoms with Gasteiger partial charge in [-0.1, -0.05) is 0 Å². The van der Waals surface area contributed by atoms with E-state index in [0.29, 0.717) is 0 Å². The lowest BCUT2D eigenvalue weighted by Gasteiger charge is -1.96. The molecule has 0 saturated carbocycles. The summed E-state index contributed by atoms with van der Waals surface area (Å²) in [6.45, 7) is 0. The molecular formula is C8H9NO6. The molecule has 0 aliphatic carbocycles. The van der Waals surface area contributed by atoms with E-state index in [1.54, 1.807) is 0 Å². The number of hydrogen-bond donors (Lipinski definition) is 4. The molecule has 82 valence electrons. The van der Waals surface area contributed by atoms with Gasteiger partial charge >= 0.3 is 11.9 Å². The summed E-state index contributed by atoms with van der Waals surface area (Å²) >= 11 is 0. The van der Waals surface area contributed by atoms with Crippen molar-refractivity contribution in [3.8, 4) is 0 Å². The number of aromatic nitrogens is 1. The van der Waals surface area contributed by atoms with Gasteiger partial charge < -0.3 is 20.3 Å². The number of carbonyl (C=O) groups is 2. The molecule has 0 aliphatic rings. The van der Waals surface area contributed by atoms with E-state index in [1.165, 1.54) is 0 Å². The summed E-state index contributed by atoms with van der Waals surface area (Å²) in [4.78, 5) is 33.6. The molecule has 1 heterocycles. The van der Waals surface area contributed by atoms with E-state index in [-0.39, 0.29) is 0 Å². The number of pyridine rings is 1. The van der Waals surface area contributed by atoms with Crippen molar-refractivity contribution in [2.24, 2.45) is 0 Å². The van der Waals surface area contributed by atoms with Crippen molar-refractivity contribution in [2.75, 3.05) is 7.11 Å². The molecule has 1 rings (SSSR count). The predicted octanol–water partition coefficient (Wildman–Crippen LogP) is -0.620. The highest BCUT2D eigenvalue weighted by molar-refractivity contribution is 5.89. The minimum atomic E-state index is -1.37. The van der Waals surface area contributed by atoms with Crippen LogP contribution in [0.5, 0.6) is 0 Å². The minimum Gasteiger partial charge on any atom is -0.477 e. The average molecular weight is 215 g/mol. The van der Waals surface area contributed by atoms with Gasteiger partial charge in [0, 0.05) is 19.2 Å². The Kier molecular flexibility index (Phi) is 4.76. The number of carboxylic acid groups (broad SMARTS) is 2. The maximum absolute atomic E-state index is 10.8. The molecule has 15 heavy (non-hydrogen) atoms. The first-order valence-corrected chi connectivity index (χ1v) is 3.66. The van der Waals surface area contributed by atoms with Gasteiger partial charge in [-0.3, -0.25) is 4.79 Å². The number of aliphatic hydroxyl groups is 1. The molecule has 0 saturated heterocycles. The van der Waals surface area contributed by atoms with Crippen LogP contribution in [0.1, 0.15) is 21.0 Å². The Morgan fingerprint density at radius 1 is 1.07 bits per heavy atom. The van der Waals surface area contributed by atoms with Crippen LogP contribution in [-0.4, -0.2) is 39.4 Å². The van der Waals surface area contributed by atoms with Crippen LogP contribution < -0.4 is 5.43 Å². The predicted molar refractivity (Wildman–Crippen MR) is 49.1 cm³/mol. The zero-order valence-electron chi connectivity index (χ0n) is 7.72. The summed E-state index contributed by atoms with van der Waals surface area (Å²) in [6, 6.07) is 1.63. The van der Waals surface area contributed by atoms with Crippen molar-refractivity contribution in [1.82, 2.24) is 4.98 Å². The van der Waals surface area contributed by atoms with Gasteiger partial charge in [-0.05, 0) is 0 Å². The topological polar surface area (TPSA) is 128 Å². The molecule has 0 unspecified atom stereocenters. The first-order chi connectivity index (χ1) is 7.00. The Bertz CT molecular complexity index is 386. The Hall–Kier alpha value is -2.15. The van der Waals surface area contributed by atoms with Crippen molar-refractivity contribution in [3.63, 3.8) is 0 Å². The van der Waals surface area contributed by atoms with E-state index in [9.17, 15) is 14.4 Å². The van der Waals surface area contributed by atoms with E-state index in [2.05, 4.69) is 4.98 Å². The zero-order chi connectivity index (χ0) is 12.0. The normalized spacial score (nSPS) is 8.67. The van der Waals surface area contributed by atoms with Gasteiger partial charge in [-0.15, -0.1) is 0 Å². The molecule has 0 spiro atoms. The fourth-order valence-electron chi connectivity index (χ4n) is 0.774. The van der Waals surface area contributed by atoms with E-state index in [0.717, 1.165) is 19.2 Å². The molecule has 7 heteroatoms. The van der Waals surface area contributed by atoms with Crippen LogP contribution in [0.15, 0.2) is 16.9 Å². The van der Waals surface area contributed by atoms with E-state index in [4.69, 9.17) is 15.3 Å². The maximum Gasteiger partial charge on any atom is 0.352 e. The summed E-state index contributed by atoms with van der Waals surface area (Å²) in [5.74, 6) is -2.75. The van der Waals surface area contributed by atoms with Crippen LogP contribution in [0, 0.1) is 0 Å². The van der Waals surface area contributed by atoms with Gasteiger partial charge in [0.05, 0.1) is 0 Å². The first kappa shape index (κ1) is 12.8. The second-order valence-electron chi connectivity index (χ2n) is 2.25. The fourth-order valence-corrected chi connectivity index (χ4v) is 0.774. The second-order valence-corrected chi connectivity index (χ2v) is 2.25. The van der Waals surface area contributed by atoms with Crippen molar-refractivity contribution >= 4 is 11.9 Å². The van der Waals surface area contributed by atoms with E-state index in [1.807, 2.05) is 0 Å². The molecule has 7 nitrogen and oxygen atoms in total. The lowest BCUT2D eigenvalue weighted by Crippen LogP contribution is -2.13. The second kappa shape index (κ2) is 5.55. The minimum absolute atomic E-state index is 0.440.